The van der Waals surface area contributed by atoms with Gasteiger partial charge in [-0.2, -0.15) is 0 Å². The van der Waals surface area contributed by atoms with Gasteiger partial charge in [0, 0.05) is 30.1 Å². The Labute approximate surface area is 197 Å². The molecular formula is C28H23N3O3. The summed E-state index contributed by atoms with van der Waals surface area (Å²) in [7, 11) is 0. The van der Waals surface area contributed by atoms with Gasteiger partial charge >= 0.3 is 0 Å². The standard InChI is InChI=1S/C28H23N3O3/c32-27(26-18-25(31-34-26)20-8-7-17-29-19-20)30-24-15-13-23(14-16-24)28(33,21-9-3-1-4-10-21)22-11-5-2-6-12-22/h1-17,19,26,33H,18H2,(H,30,32). The van der Waals surface area contributed by atoms with Crippen molar-refractivity contribution in [2.45, 2.75) is 18.1 Å². The number of rotatable bonds is 6. The highest BCUT2D eigenvalue weighted by Gasteiger charge is 2.34. The van der Waals surface area contributed by atoms with Gasteiger partial charge in [0.2, 0.25) is 6.10 Å². The van der Waals surface area contributed by atoms with Crippen LogP contribution in [0, 0.1) is 0 Å². The van der Waals surface area contributed by atoms with Crippen molar-refractivity contribution in [1.29, 1.82) is 0 Å². The van der Waals surface area contributed by atoms with E-state index in [0.29, 0.717) is 23.4 Å². The van der Waals surface area contributed by atoms with Gasteiger partial charge in [-0.15, -0.1) is 0 Å². The lowest BCUT2D eigenvalue weighted by atomic mass is 9.80. The number of oxime groups is 1. The van der Waals surface area contributed by atoms with Crippen LogP contribution in [0.1, 0.15) is 28.7 Å². The van der Waals surface area contributed by atoms with Crippen molar-refractivity contribution in [2.24, 2.45) is 5.16 Å². The van der Waals surface area contributed by atoms with E-state index in [1.54, 1.807) is 24.5 Å². The molecule has 0 radical (unpaired) electrons. The number of carbonyl (C=O) groups excluding carboxylic acids is 1. The van der Waals surface area contributed by atoms with E-state index in [2.05, 4.69) is 15.5 Å². The second-order valence-electron chi connectivity index (χ2n) is 8.09. The number of pyridine rings is 1. The first-order valence-corrected chi connectivity index (χ1v) is 11.0. The highest BCUT2D eigenvalue weighted by molar-refractivity contribution is 6.05. The Balaban J connectivity index is 1.33. The zero-order valence-corrected chi connectivity index (χ0v) is 18.3. The molecule has 1 aliphatic heterocycles. The fourth-order valence-electron chi connectivity index (χ4n) is 4.10. The quantitative estimate of drug-likeness (QED) is 0.425. The number of hydrogen-bond acceptors (Lipinski definition) is 5. The van der Waals surface area contributed by atoms with Gasteiger partial charge in [0.25, 0.3) is 5.91 Å². The monoisotopic (exact) mass is 449 g/mol. The predicted molar refractivity (Wildman–Crippen MR) is 130 cm³/mol. The van der Waals surface area contributed by atoms with E-state index in [1.807, 2.05) is 84.9 Å². The minimum atomic E-state index is -1.33. The number of anilines is 1. The van der Waals surface area contributed by atoms with E-state index in [-0.39, 0.29) is 5.91 Å². The summed E-state index contributed by atoms with van der Waals surface area (Å²) >= 11 is 0. The van der Waals surface area contributed by atoms with E-state index in [0.717, 1.165) is 16.7 Å². The van der Waals surface area contributed by atoms with Crippen LogP contribution in [-0.4, -0.2) is 27.8 Å². The minimum Gasteiger partial charge on any atom is -0.382 e. The third-order valence-electron chi connectivity index (χ3n) is 5.91. The molecule has 2 N–H and O–H groups in total. The van der Waals surface area contributed by atoms with Gasteiger partial charge < -0.3 is 15.3 Å². The molecular weight excluding hydrogens is 426 g/mol. The zero-order valence-electron chi connectivity index (χ0n) is 18.3. The van der Waals surface area contributed by atoms with Crippen molar-refractivity contribution in [2.75, 3.05) is 5.32 Å². The third-order valence-corrected chi connectivity index (χ3v) is 5.91. The lowest BCUT2D eigenvalue weighted by molar-refractivity contribution is -0.125. The highest BCUT2D eigenvalue weighted by atomic mass is 16.6. The summed E-state index contributed by atoms with van der Waals surface area (Å²) < 4.78 is 0. The topological polar surface area (TPSA) is 83.8 Å². The Morgan fingerprint density at radius 3 is 2.06 bits per heavy atom. The minimum absolute atomic E-state index is 0.281. The number of carbonyl (C=O) groups is 1. The van der Waals surface area contributed by atoms with Crippen LogP contribution in [-0.2, 0) is 15.2 Å². The van der Waals surface area contributed by atoms with Crippen molar-refractivity contribution in [3.05, 3.63) is 132 Å². The number of amides is 1. The second kappa shape index (κ2) is 9.29. The summed E-state index contributed by atoms with van der Waals surface area (Å²) in [6.07, 6.45) is 3.05. The normalized spacial score (nSPS) is 15.3. The maximum Gasteiger partial charge on any atom is 0.268 e. The molecule has 2 heterocycles. The number of hydrogen-bond donors (Lipinski definition) is 2. The van der Waals surface area contributed by atoms with Crippen molar-refractivity contribution >= 4 is 17.3 Å². The molecule has 6 nitrogen and oxygen atoms in total. The molecule has 1 aromatic heterocycles. The first kappa shape index (κ1) is 21.6. The third kappa shape index (κ3) is 4.19. The van der Waals surface area contributed by atoms with Gasteiger partial charge in [0.15, 0.2) is 0 Å². The second-order valence-corrected chi connectivity index (χ2v) is 8.09. The van der Waals surface area contributed by atoms with Gasteiger partial charge in [-0.1, -0.05) is 78.0 Å². The average Bonchev–Trinajstić information content (AvgIpc) is 3.41. The van der Waals surface area contributed by atoms with Crippen LogP contribution in [0.3, 0.4) is 0 Å². The molecule has 5 rings (SSSR count). The largest absolute Gasteiger partial charge is 0.382 e. The van der Waals surface area contributed by atoms with Crippen molar-refractivity contribution < 1.29 is 14.7 Å². The van der Waals surface area contributed by atoms with E-state index in [9.17, 15) is 9.90 Å². The molecule has 6 heteroatoms. The van der Waals surface area contributed by atoms with Crippen LogP contribution >= 0.6 is 0 Å². The Morgan fingerprint density at radius 1 is 0.853 bits per heavy atom. The van der Waals surface area contributed by atoms with Crippen molar-refractivity contribution in [1.82, 2.24) is 4.98 Å². The lowest BCUT2D eigenvalue weighted by Crippen LogP contribution is -2.29. The molecule has 1 unspecified atom stereocenters. The zero-order chi connectivity index (χ0) is 23.4. The summed E-state index contributed by atoms with van der Waals surface area (Å²) in [6.45, 7) is 0. The van der Waals surface area contributed by atoms with E-state index < -0.39 is 11.7 Å². The van der Waals surface area contributed by atoms with Crippen LogP contribution < -0.4 is 5.32 Å². The van der Waals surface area contributed by atoms with Crippen LogP contribution in [0.5, 0.6) is 0 Å². The average molecular weight is 450 g/mol. The van der Waals surface area contributed by atoms with Crippen LogP contribution in [0.15, 0.2) is 115 Å². The van der Waals surface area contributed by atoms with Gasteiger partial charge in [0.1, 0.15) is 5.60 Å². The van der Waals surface area contributed by atoms with E-state index >= 15 is 0 Å². The van der Waals surface area contributed by atoms with Crippen LogP contribution in [0.4, 0.5) is 5.69 Å². The number of nitrogens with zero attached hydrogens (tertiary/aromatic N) is 2. The smallest absolute Gasteiger partial charge is 0.268 e. The SMILES string of the molecule is O=C(Nc1ccc(C(O)(c2ccccc2)c2ccccc2)cc1)C1CC(c2cccnc2)=NO1. The maximum absolute atomic E-state index is 12.7. The Morgan fingerprint density at radius 2 is 1.47 bits per heavy atom. The molecule has 0 saturated heterocycles. The van der Waals surface area contributed by atoms with E-state index in [4.69, 9.17) is 4.84 Å². The molecule has 3 aromatic carbocycles. The maximum atomic E-state index is 12.7. The summed E-state index contributed by atoms with van der Waals surface area (Å²) in [4.78, 5) is 22.2. The molecule has 34 heavy (non-hydrogen) atoms. The summed E-state index contributed by atoms with van der Waals surface area (Å²) in [5.41, 5.74) is 3.03. The molecule has 0 saturated carbocycles. The van der Waals surface area contributed by atoms with Gasteiger partial charge in [0.05, 0.1) is 5.71 Å². The van der Waals surface area contributed by atoms with E-state index in [1.165, 1.54) is 0 Å². The van der Waals surface area contributed by atoms with Crippen molar-refractivity contribution in [3.8, 4) is 0 Å². The molecule has 0 bridgehead atoms. The summed E-state index contributed by atoms with van der Waals surface area (Å²) in [5.74, 6) is -0.281. The van der Waals surface area contributed by atoms with Gasteiger partial charge in [-0.05, 0) is 41.0 Å². The number of aromatic nitrogens is 1. The first-order valence-electron chi connectivity index (χ1n) is 11.0. The van der Waals surface area contributed by atoms with Crippen LogP contribution in [0.2, 0.25) is 0 Å². The molecule has 1 atom stereocenters. The molecule has 168 valence electrons. The highest BCUT2D eigenvalue weighted by Crippen LogP contribution is 2.37. The van der Waals surface area contributed by atoms with Crippen molar-refractivity contribution in [3.63, 3.8) is 0 Å². The summed E-state index contributed by atoms with van der Waals surface area (Å²) in [5, 5.41) is 18.8. The van der Waals surface area contributed by atoms with Crippen LogP contribution in [0.25, 0.3) is 0 Å². The number of nitrogens with one attached hydrogen (secondary N) is 1. The number of benzene rings is 3. The Kier molecular flexibility index (Phi) is 5.89. The molecule has 0 fully saturated rings. The van der Waals surface area contributed by atoms with Gasteiger partial charge in [-0.3, -0.25) is 9.78 Å². The Hall–Kier alpha value is -4.29. The van der Waals surface area contributed by atoms with Gasteiger partial charge in [-0.25, -0.2) is 0 Å². The Bertz CT molecular complexity index is 1250. The molecule has 0 aliphatic carbocycles. The predicted octanol–water partition coefficient (Wildman–Crippen LogP) is 4.50. The fraction of sp³-hybridized carbons (Fsp3) is 0.107. The molecule has 0 spiro atoms. The molecule has 1 amide bonds. The lowest BCUT2D eigenvalue weighted by Gasteiger charge is -2.30. The fourth-order valence-corrected chi connectivity index (χ4v) is 4.10. The summed E-state index contributed by atoms with van der Waals surface area (Å²) in [6, 6.07) is 30.0. The number of aliphatic hydroxyl groups is 1. The molecule has 4 aromatic rings. The molecule has 1 aliphatic rings. The first-order chi connectivity index (χ1) is 16.6.